The minimum Gasteiger partial charge on any atom is -0.335 e. The van der Waals surface area contributed by atoms with Crippen LogP contribution in [0.1, 0.15) is 5.56 Å². The summed E-state index contributed by atoms with van der Waals surface area (Å²) in [5.74, 6) is 0.654. The molecule has 0 saturated heterocycles. The zero-order valence-electron chi connectivity index (χ0n) is 16.5. The topological polar surface area (TPSA) is 109 Å². The lowest BCUT2D eigenvalue weighted by Gasteiger charge is -2.04. The van der Waals surface area contributed by atoms with Gasteiger partial charge >= 0.3 is 0 Å². The lowest BCUT2D eigenvalue weighted by atomic mass is 10.0. The van der Waals surface area contributed by atoms with E-state index in [1.54, 1.807) is 31.0 Å². The van der Waals surface area contributed by atoms with Crippen LogP contribution in [0.5, 0.6) is 0 Å². The van der Waals surface area contributed by atoms with Gasteiger partial charge in [0.05, 0.1) is 17.1 Å². The van der Waals surface area contributed by atoms with E-state index in [0.29, 0.717) is 17.2 Å². The Morgan fingerprint density at radius 2 is 1.74 bits per heavy atom. The van der Waals surface area contributed by atoms with Crippen LogP contribution >= 0.6 is 0 Å². The number of imidazole rings is 1. The van der Waals surface area contributed by atoms with Crippen LogP contribution in [0, 0.1) is 6.92 Å². The molecule has 6 heterocycles. The van der Waals surface area contributed by atoms with Gasteiger partial charge < -0.3 is 4.98 Å². The first-order chi connectivity index (χ1) is 15.3. The summed E-state index contributed by atoms with van der Waals surface area (Å²) in [6.07, 6.45) is 12.6. The number of rotatable bonds is 3. The zero-order chi connectivity index (χ0) is 20.8. The summed E-state index contributed by atoms with van der Waals surface area (Å²) in [4.78, 5) is 25.6. The van der Waals surface area contributed by atoms with Crippen molar-refractivity contribution < 1.29 is 0 Å². The second-order valence-corrected chi connectivity index (χ2v) is 7.29. The number of nitrogens with zero attached hydrogens (tertiary/aromatic N) is 6. The number of aryl methyl sites for hydroxylation is 1. The van der Waals surface area contributed by atoms with E-state index in [2.05, 4.69) is 48.1 Å². The number of nitrogens with one attached hydrogen (secondary N) is 2. The van der Waals surface area contributed by atoms with Crippen LogP contribution in [0.25, 0.3) is 55.8 Å². The van der Waals surface area contributed by atoms with Gasteiger partial charge in [-0.3, -0.25) is 20.1 Å². The van der Waals surface area contributed by atoms with Gasteiger partial charge in [-0.05, 0) is 30.7 Å². The van der Waals surface area contributed by atoms with Gasteiger partial charge in [-0.2, -0.15) is 5.10 Å². The Hall–Kier alpha value is -4.46. The smallest absolute Gasteiger partial charge is 0.159 e. The van der Waals surface area contributed by atoms with Gasteiger partial charge in [0.2, 0.25) is 0 Å². The Labute approximate surface area is 176 Å². The maximum atomic E-state index is 4.86. The van der Waals surface area contributed by atoms with Crippen LogP contribution in [0.2, 0.25) is 0 Å². The van der Waals surface area contributed by atoms with Crippen molar-refractivity contribution in [3.63, 3.8) is 0 Å². The Bertz CT molecular complexity index is 1550. The minimum absolute atomic E-state index is 0.654. The lowest BCUT2D eigenvalue weighted by molar-refractivity contribution is 1.09. The fourth-order valence-corrected chi connectivity index (χ4v) is 3.78. The fraction of sp³-hybridized carbons (Fsp3) is 0.0435. The number of aromatic amines is 2. The molecule has 6 aromatic rings. The molecule has 0 aromatic carbocycles. The average molecular weight is 404 g/mol. The molecule has 0 radical (unpaired) electrons. The molecule has 8 heteroatoms. The van der Waals surface area contributed by atoms with Gasteiger partial charge in [0.15, 0.2) is 11.5 Å². The molecule has 31 heavy (non-hydrogen) atoms. The molecule has 2 N–H and O–H groups in total. The van der Waals surface area contributed by atoms with Gasteiger partial charge in [0.25, 0.3) is 0 Å². The lowest BCUT2D eigenvalue weighted by Crippen LogP contribution is -1.87. The van der Waals surface area contributed by atoms with E-state index in [1.807, 2.05) is 30.6 Å². The zero-order valence-corrected chi connectivity index (χ0v) is 16.5. The van der Waals surface area contributed by atoms with Crippen molar-refractivity contribution in [2.45, 2.75) is 6.92 Å². The third-order valence-corrected chi connectivity index (χ3v) is 5.36. The van der Waals surface area contributed by atoms with Gasteiger partial charge in [0.1, 0.15) is 11.2 Å². The number of H-pyrrole nitrogens is 2. The van der Waals surface area contributed by atoms with Gasteiger partial charge in [0, 0.05) is 59.4 Å². The highest BCUT2D eigenvalue weighted by molar-refractivity contribution is 5.96. The highest BCUT2D eigenvalue weighted by atomic mass is 15.2. The third-order valence-electron chi connectivity index (χ3n) is 5.36. The molecule has 0 aliphatic carbocycles. The summed E-state index contributed by atoms with van der Waals surface area (Å²) < 4.78 is 0. The minimum atomic E-state index is 0.654. The van der Waals surface area contributed by atoms with E-state index in [4.69, 9.17) is 4.98 Å². The normalized spacial score (nSPS) is 11.4. The average Bonchev–Trinajstić information content (AvgIpc) is 3.43. The summed E-state index contributed by atoms with van der Waals surface area (Å²) in [7, 11) is 0. The van der Waals surface area contributed by atoms with Gasteiger partial charge in [-0.1, -0.05) is 6.07 Å². The van der Waals surface area contributed by atoms with E-state index >= 15 is 0 Å². The van der Waals surface area contributed by atoms with Crippen LogP contribution < -0.4 is 0 Å². The molecule has 0 saturated carbocycles. The molecule has 0 aliphatic rings. The second-order valence-electron chi connectivity index (χ2n) is 7.29. The molecule has 6 aromatic heterocycles. The van der Waals surface area contributed by atoms with E-state index in [0.717, 1.165) is 44.2 Å². The number of hydrogen-bond acceptors (Lipinski definition) is 6. The molecule has 0 atom stereocenters. The number of pyridine rings is 4. The molecule has 0 fully saturated rings. The molecule has 6 rings (SSSR count). The van der Waals surface area contributed by atoms with Crippen LogP contribution in [0.3, 0.4) is 0 Å². The first-order valence-corrected chi connectivity index (χ1v) is 9.77. The Morgan fingerprint density at radius 1 is 0.839 bits per heavy atom. The molecule has 0 aliphatic heterocycles. The van der Waals surface area contributed by atoms with Gasteiger partial charge in [-0.25, -0.2) is 9.97 Å². The Balaban J connectivity index is 1.52. The predicted molar refractivity (Wildman–Crippen MR) is 118 cm³/mol. The van der Waals surface area contributed by atoms with E-state index in [9.17, 15) is 0 Å². The standard InChI is InChI=1S/C23H16N8/c1-13-4-6-25-10-17(13)15-7-16-21(30-31-22(16)27-9-15)23-28-19-12-26-11-18(20(19)29-23)14-3-2-5-24-8-14/h2-12H,1H3,(H,28,29)(H,27,30,31). The molecular weight excluding hydrogens is 388 g/mol. The van der Waals surface area contributed by atoms with E-state index in [-0.39, 0.29) is 0 Å². The molecule has 8 nitrogen and oxygen atoms in total. The molecule has 0 amide bonds. The SMILES string of the molecule is Cc1ccncc1-c1cnc2[nH]nc(-c3nc4c(-c5cccnc5)cncc4[nH]3)c2c1. The van der Waals surface area contributed by atoms with Crippen LogP contribution in [0.4, 0.5) is 0 Å². The number of hydrogen-bond donors (Lipinski definition) is 2. The number of fused-ring (bicyclic) bond motifs is 2. The number of aromatic nitrogens is 8. The quantitative estimate of drug-likeness (QED) is 0.454. The molecule has 0 bridgehead atoms. The van der Waals surface area contributed by atoms with Crippen molar-refractivity contribution in [2.75, 3.05) is 0 Å². The van der Waals surface area contributed by atoms with Crippen molar-refractivity contribution in [1.29, 1.82) is 0 Å². The van der Waals surface area contributed by atoms with Gasteiger partial charge in [-0.15, -0.1) is 0 Å². The Morgan fingerprint density at radius 3 is 2.61 bits per heavy atom. The van der Waals surface area contributed by atoms with Crippen LogP contribution in [-0.4, -0.2) is 40.1 Å². The molecule has 148 valence electrons. The van der Waals surface area contributed by atoms with Crippen molar-refractivity contribution in [3.8, 4) is 33.8 Å². The van der Waals surface area contributed by atoms with Crippen molar-refractivity contribution in [3.05, 3.63) is 73.2 Å². The van der Waals surface area contributed by atoms with Crippen molar-refractivity contribution in [1.82, 2.24) is 40.1 Å². The van der Waals surface area contributed by atoms with Crippen LogP contribution in [-0.2, 0) is 0 Å². The second kappa shape index (κ2) is 6.81. The highest BCUT2D eigenvalue weighted by Crippen LogP contribution is 2.32. The maximum absolute atomic E-state index is 4.86. The summed E-state index contributed by atoms with van der Waals surface area (Å²) in [5.41, 5.74) is 8.09. The monoisotopic (exact) mass is 404 g/mol. The molecule has 0 spiro atoms. The molecule has 0 unspecified atom stereocenters. The summed E-state index contributed by atoms with van der Waals surface area (Å²) in [5, 5.41) is 8.38. The van der Waals surface area contributed by atoms with Crippen molar-refractivity contribution in [2.24, 2.45) is 0 Å². The summed E-state index contributed by atoms with van der Waals surface area (Å²) in [6, 6.07) is 7.95. The highest BCUT2D eigenvalue weighted by Gasteiger charge is 2.17. The predicted octanol–water partition coefficient (Wildman–Crippen LogP) is 4.33. The fourth-order valence-electron chi connectivity index (χ4n) is 3.78. The van der Waals surface area contributed by atoms with Crippen molar-refractivity contribution >= 4 is 22.1 Å². The molecular formula is C23H16N8. The summed E-state index contributed by atoms with van der Waals surface area (Å²) in [6.45, 7) is 2.06. The maximum Gasteiger partial charge on any atom is 0.159 e. The summed E-state index contributed by atoms with van der Waals surface area (Å²) >= 11 is 0. The van der Waals surface area contributed by atoms with E-state index < -0.39 is 0 Å². The first-order valence-electron chi connectivity index (χ1n) is 9.77. The van der Waals surface area contributed by atoms with Crippen LogP contribution in [0.15, 0.2) is 67.6 Å². The Kier molecular flexibility index (Phi) is 3.82. The third kappa shape index (κ3) is 2.84. The van der Waals surface area contributed by atoms with E-state index in [1.165, 1.54) is 0 Å². The first kappa shape index (κ1) is 17.4. The largest absolute Gasteiger partial charge is 0.335 e.